The number of piperazine rings is 1. The highest BCUT2D eigenvalue weighted by Crippen LogP contribution is 2.21. The van der Waals surface area contributed by atoms with Gasteiger partial charge in [0, 0.05) is 31.5 Å². The molecular formula is C13H17ClN8O. The van der Waals surface area contributed by atoms with Crippen molar-refractivity contribution in [1.29, 1.82) is 0 Å². The van der Waals surface area contributed by atoms with Crippen LogP contribution in [0.4, 0.5) is 0 Å². The van der Waals surface area contributed by atoms with Gasteiger partial charge < -0.3 is 9.84 Å². The molecule has 1 N–H and O–H groups in total. The Hall–Kier alpha value is -2.10. The van der Waals surface area contributed by atoms with Crippen LogP contribution in [0.5, 0.6) is 0 Å². The van der Waals surface area contributed by atoms with E-state index in [2.05, 4.69) is 42.5 Å². The van der Waals surface area contributed by atoms with Gasteiger partial charge in [0.1, 0.15) is 0 Å². The number of halogens is 1. The number of nitrogens with zero attached hydrogens (tertiary/aromatic N) is 7. The lowest BCUT2D eigenvalue weighted by molar-refractivity contribution is 0.190. The second-order valence-corrected chi connectivity index (χ2v) is 5.39. The first-order chi connectivity index (χ1) is 10.7. The van der Waals surface area contributed by atoms with E-state index in [-0.39, 0.29) is 18.4 Å². The van der Waals surface area contributed by atoms with Crippen molar-refractivity contribution in [3.05, 3.63) is 23.8 Å². The highest BCUT2D eigenvalue weighted by molar-refractivity contribution is 5.85. The quantitative estimate of drug-likeness (QED) is 0.721. The van der Waals surface area contributed by atoms with Crippen molar-refractivity contribution in [3.8, 4) is 11.7 Å². The summed E-state index contributed by atoms with van der Waals surface area (Å²) >= 11 is 0. The van der Waals surface area contributed by atoms with Crippen LogP contribution in [0.2, 0.25) is 0 Å². The van der Waals surface area contributed by atoms with Gasteiger partial charge >= 0.3 is 0 Å². The van der Waals surface area contributed by atoms with Crippen molar-refractivity contribution in [3.63, 3.8) is 0 Å². The minimum absolute atomic E-state index is 0. The first-order valence-electron chi connectivity index (χ1n) is 7.16. The van der Waals surface area contributed by atoms with Crippen molar-refractivity contribution in [1.82, 2.24) is 39.9 Å². The van der Waals surface area contributed by atoms with E-state index in [1.54, 1.807) is 10.7 Å². The molecule has 0 radical (unpaired) electrons. The molecule has 122 valence electrons. The van der Waals surface area contributed by atoms with Crippen molar-refractivity contribution in [2.75, 3.05) is 26.7 Å². The SMILES string of the molecule is Cc1ccnc2nc(-c3nc(C4CNCCN4C)no3)nn12.Cl. The predicted molar refractivity (Wildman–Crippen MR) is 84.3 cm³/mol. The molecule has 0 spiro atoms. The van der Waals surface area contributed by atoms with Crippen LogP contribution in [0.15, 0.2) is 16.8 Å². The van der Waals surface area contributed by atoms with E-state index in [1.807, 2.05) is 13.0 Å². The molecular weight excluding hydrogens is 320 g/mol. The van der Waals surface area contributed by atoms with E-state index in [4.69, 9.17) is 4.52 Å². The van der Waals surface area contributed by atoms with Gasteiger partial charge in [0.15, 0.2) is 5.82 Å². The summed E-state index contributed by atoms with van der Waals surface area (Å²) in [5.74, 6) is 1.88. The Bertz CT molecular complexity index is 815. The molecule has 0 amide bonds. The fraction of sp³-hybridized carbons (Fsp3) is 0.462. The molecule has 9 nitrogen and oxygen atoms in total. The first kappa shape index (κ1) is 15.8. The molecule has 1 fully saturated rings. The summed E-state index contributed by atoms with van der Waals surface area (Å²) in [6.45, 7) is 4.66. The summed E-state index contributed by atoms with van der Waals surface area (Å²) in [7, 11) is 2.05. The van der Waals surface area contributed by atoms with Crippen LogP contribution in [0.1, 0.15) is 17.6 Å². The third-order valence-electron chi connectivity index (χ3n) is 3.87. The summed E-state index contributed by atoms with van der Waals surface area (Å²) in [4.78, 5) is 15.2. The van der Waals surface area contributed by atoms with Gasteiger partial charge in [0.05, 0.1) is 6.04 Å². The van der Waals surface area contributed by atoms with E-state index >= 15 is 0 Å². The molecule has 0 bridgehead atoms. The number of likely N-dealkylation sites (N-methyl/N-ethyl adjacent to an activating group) is 1. The number of fused-ring (bicyclic) bond motifs is 1. The highest BCUT2D eigenvalue weighted by Gasteiger charge is 2.26. The molecule has 1 unspecified atom stereocenters. The van der Waals surface area contributed by atoms with Crippen LogP contribution < -0.4 is 5.32 Å². The molecule has 1 aliphatic heterocycles. The molecule has 0 saturated carbocycles. The Balaban J connectivity index is 0.00000156. The predicted octanol–water partition coefficient (Wildman–Crippen LogP) is 0.481. The topological polar surface area (TPSA) is 97.3 Å². The lowest BCUT2D eigenvalue weighted by Crippen LogP contribution is -2.44. The Morgan fingerprint density at radius 2 is 2.22 bits per heavy atom. The minimum atomic E-state index is 0. The zero-order valence-corrected chi connectivity index (χ0v) is 13.6. The molecule has 4 rings (SSSR count). The van der Waals surface area contributed by atoms with Gasteiger partial charge in [0.25, 0.3) is 11.7 Å². The Labute approximate surface area is 138 Å². The standard InChI is InChI=1S/C13H16N8O.ClH/c1-8-3-4-15-13-17-11(18-21(8)13)12-16-10(19-22-12)9-7-14-5-6-20(9)2;/h3-4,9,14H,5-7H2,1-2H3;1H. The maximum absolute atomic E-state index is 5.34. The fourth-order valence-electron chi connectivity index (χ4n) is 2.55. The van der Waals surface area contributed by atoms with Gasteiger partial charge in [-0.15, -0.1) is 17.5 Å². The zero-order chi connectivity index (χ0) is 15.1. The molecule has 4 heterocycles. The van der Waals surface area contributed by atoms with Crippen molar-refractivity contribution in [2.45, 2.75) is 13.0 Å². The summed E-state index contributed by atoms with van der Waals surface area (Å²) in [6, 6.07) is 1.97. The van der Waals surface area contributed by atoms with E-state index in [0.29, 0.717) is 23.3 Å². The average molecular weight is 337 g/mol. The van der Waals surface area contributed by atoms with Crippen molar-refractivity contribution < 1.29 is 4.52 Å². The molecule has 1 aliphatic rings. The number of aromatic nitrogens is 6. The lowest BCUT2D eigenvalue weighted by atomic mass is 10.2. The highest BCUT2D eigenvalue weighted by atomic mass is 35.5. The van der Waals surface area contributed by atoms with E-state index in [0.717, 1.165) is 25.3 Å². The normalized spacial score (nSPS) is 19.0. The lowest BCUT2D eigenvalue weighted by Gasteiger charge is -2.30. The van der Waals surface area contributed by atoms with Gasteiger partial charge in [-0.05, 0) is 20.0 Å². The Kier molecular flexibility index (Phi) is 4.24. The van der Waals surface area contributed by atoms with E-state index in [1.165, 1.54) is 0 Å². The zero-order valence-electron chi connectivity index (χ0n) is 12.8. The number of hydrogen-bond acceptors (Lipinski definition) is 8. The summed E-state index contributed by atoms with van der Waals surface area (Å²) in [5, 5.41) is 11.8. The molecule has 3 aromatic heterocycles. The van der Waals surface area contributed by atoms with Gasteiger partial charge in [-0.2, -0.15) is 9.97 Å². The van der Waals surface area contributed by atoms with Crippen LogP contribution in [-0.4, -0.2) is 61.3 Å². The molecule has 1 atom stereocenters. The third-order valence-corrected chi connectivity index (χ3v) is 3.87. The Morgan fingerprint density at radius 1 is 1.35 bits per heavy atom. The van der Waals surface area contributed by atoms with Gasteiger partial charge in [-0.25, -0.2) is 9.50 Å². The fourth-order valence-corrected chi connectivity index (χ4v) is 2.55. The summed E-state index contributed by atoms with van der Waals surface area (Å²) in [6.07, 6.45) is 1.70. The second kappa shape index (κ2) is 6.19. The van der Waals surface area contributed by atoms with Gasteiger partial charge in [-0.3, -0.25) is 4.90 Å². The second-order valence-electron chi connectivity index (χ2n) is 5.39. The maximum atomic E-state index is 5.34. The number of nitrogens with one attached hydrogen (secondary N) is 1. The summed E-state index contributed by atoms with van der Waals surface area (Å²) < 4.78 is 7.00. The van der Waals surface area contributed by atoms with Crippen LogP contribution in [0.25, 0.3) is 17.5 Å². The van der Waals surface area contributed by atoms with Crippen LogP contribution in [0, 0.1) is 6.92 Å². The maximum Gasteiger partial charge on any atom is 0.297 e. The van der Waals surface area contributed by atoms with Crippen molar-refractivity contribution >= 4 is 18.2 Å². The minimum Gasteiger partial charge on any atom is -0.330 e. The van der Waals surface area contributed by atoms with E-state index in [9.17, 15) is 0 Å². The molecule has 1 saturated heterocycles. The van der Waals surface area contributed by atoms with Crippen LogP contribution >= 0.6 is 12.4 Å². The van der Waals surface area contributed by atoms with Crippen LogP contribution in [0.3, 0.4) is 0 Å². The number of aryl methyl sites for hydroxylation is 1. The average Bonchev–Trinajstić information content (AvgIpc) is 3.14. The largest absolute Gasteiger partial charge is 0.330 e. The molecule has 0 aliphatic carbocycles. The molecule has 10 heteroatoms. The smallest absolute Gasteiger partial charge is 0.297 e. The summed E-state index contributed by atoms with van der Waals surface area (Å²) in [5.41, 5.74) is 0.944. The molecule has 23 heavy (non-hydrogen) atoms. The van der Waals surface area contributed by atoms with Crippen LogP contribution in [-0.2, 0) is 0 Å². The molecule has 3 aromatic rings. The third kappa shape index (κ3) is 2.78. The number of hydrogen-bond donors (Lipinski definition) is 1. The van der Waals surface area contributed by atoms with E-state index < -0.39 is 0 Å². The number of rotatable bonds is 2. The first-order valence-corrected chi connectivity index (χ1v) is 7.16. The van der Waals surface area contributed by atoms with Gasteiger partial charge in [-0.1, -0.05) is 5.16 Å². The van der Waals surface area contributed by atoms with Crippen molar-refractivity contribution in [2.24, 2.45) is 0 Å². The monoisotopic (exact) mass is 336 g/mol. The van der Waals surface area contributed by atoms with Gasteiger partial charge in [0.2, 0.25) is 5.82 Å². The Morgan fingerprint density at radius 3 is 3.00 bits per heavy atom. The molecule has 0 aromatic carbocycles.